The van der Waals surface area contributed by atoms with Gasteiger partial charge in [0.05, 0.1) is 10.6 Å². The first-order valence-electron chi connectivity index (χ1n) is 4.83. The average Bonchev–Trinajstić information content (AvgIpc) is 2.29. The number of hydrogen-bond donors (Lipinski definition) is 0. The quantitative estimate of drug-likeness (QED) is 0.685. The Bertz CT molecular complexity index is 518. The molecule has 0 heterocycles. The second-order valence-electron chi connectivity index (χ2n) is 3.44. The average molecular weight is 256 g/mol. The minimum atomic E-state index is -4.44. The van der Waals surface area contributed by atoms with Crippen LogP contribution in [-0.4, -0.2) is 0 Å². The normalized spacial score (nSPS) is 11.5. The third-order valence-corrected chi connectivity index (χ3v) is 2.71. The van der Waals surface area contributed by atoms with Gasteiger partial charge in [-0.25, -0.2) is 0 Å². The molecule has 0 atom stereocenters. The Labute approximate surface area is 102 Å². The maximum Gasteiger partial charge on any atom is 0.417 e. The molecular weight excluding hydrogens is 249 g/mol. The lowest BCUT2D eigenvalue weighted by Crippen LogP contribution is -2.06. The summed E-state index contributed by atoms with van der Waals surface area (Å²) in [6.07, 6.45) is -4.44. The van der Waals surface area contributed by atoms with Crippen molar-refractivity contribution in [3.63, 3.8) is 0 Å². The van der Waals surface area contributed by atoms with E-state index < -0.39 is 11.7 Å². The molecule has 0 bridgehead atoms. The van der Waals surface area contributed by atoms with Crippen LogP contribution in [0.5, 0.6) is 0 Å². The van der Waals surface area contributed by atoms with Crippen LogP contribution in [0.25, 0.3) is 11.1 Å². The predicted octanol–water partition coefficient (Wildman–Crippen LogP) is 4.83. The van der Waals surface area contributed by atoms with Gasteiger partial charge in [0.15, 0.2) is 0 Å². The first kappa shape index (κ1) is 12.0. The Morgan fingerprint density at radius 2 is 1.76 bits per heavy atom. The van der Waals surface area contributed by atoms with E-state index in [0.717, 1.165) is 6.07 Å². The molecule has 0 saturated heterocycles. The zero-order valence-electron chi connectivity index (χ0n) is 8.55. The smallest absolute Gasteiger partial charge is 0.166 e. The Morgan fingerprint density at radius 1 is 1.00 bits per heavy atom. The van der Waals surface area contributed by atoms with Gasteiger partial charge in [-0.05, 0) is 17.7 Å². The summed E-state index contributed by atoms with van der Waals surface area (Å²) in [4.78, 5) is 0. The van der Waals surface area contributed by atoms with Gasteiger partial charge in [-0.1, -0.05) is 48.0 Å². The molecular formula is C13H7ClF3. The van der Waals surface area contributed by atoms with E-state index in [-0.39, 0.29) is 5.02 Å². The molecule has 0 saturated carbocycles. The zero-order valence-corrected chi connectivity index (χ0v) is 9.31. The molecule has 0 N–H and O–H groups in total. The fourth-order valence-electron chi connectivity index (χ4n) is 1.52. The van der Waals surface area contributed by atoms with E-state index in [0.29, 0.717) is 11.1 Å². The molecule has 0 unspecified atom stereocenters. The van der Waals surface area contributed by atoms with Crippen LogP contribution in [0.15, 0.2) is 42.5 Å². The van der Waals surface area contributed by atoms with Crippen molar-refractivity contribution in [1.82, 2.24) is 0 Å². The Morgan fingerprint density at radius 3 is 2.35 bits per heavy atom. The van der Waals surface area contributed by atoms with Crippen molar-refractivity contribution in [3.05, 3.63) is 59.1 Å². The lowest BCUT2D eigenvalue weighted by Gasteiger charge is -2.12. The van der Waals surface area contributed by atoms with Crippen molar-refractivity contribution >= 4 is 11.6 Å². The van der Waals surface area contributed by atoms with Crippen LogP contribution < -0.4 is 0 Å². The maximum atomic E-state index is 12.6. The second-order valence-corrected chi connectivity index (χ2v) is 3.82. The van der Waals surface area contributed by atoms with Crippen LogP contribution in [0, 0.1) is 6.07 Å². The van der Waals surface area contributed by atoms with Gasteiger partial charge in [0.25, 0.3) is 0 Å². The molecule has 0 spiro atoms. The van der Waals surface area contributed by atoms with E-state index in [9.17, 15) is 13.2 Å². The highest BCUT2D eigenvalue weighted by atomic mass is 35.5. The first-order valence-corrected chi connectivity index (χ1v) is 5.21. The van der Waals surface area contributed by atoms with Crippen LogP contribution in [0.2, 0.25) is 5.02 Å². The molecule has 17 heavy (non-hydrogen) atoms. The van der Waals surface area contributed by atoms with Crippen molar-refractivity contribution < 1.29 is 13.2 Å². The summed E-state index contributed by atoms with van der Waals surface area (Å²) in [5, 5.41) is -0.289. The molecule has 2 rings (SSSR count). The van der Waals surface area contributed by atoms with Crippen LogP contribution in [0.1, 0.15) is 5.56 Å². The van der Waals surface area contributed by atoms with Crippen LogP contribution in [0.4, 0.5) is 13.2 Å². The summed E-state index contributed by atoms with van der Waals surface area (Å²) in [7, 11) is 0. The van der Waals surface area contributed by atoms with Gasteiger partial charge in [-0.3, -0.25) is 0 Å². The summed E-state index contributed by atoms with van der Waals surface area (Å²) in [5.41, 5.74) is 0.0552. The number of hydrogen-bond acceptors (Lipinski definition) is 0. The number of alkyl halides is 3. The standard InChI is InChI=1S/C13H7ClF3/c14-12-10(9-5-2-1-3-6-9)7-4-8-11(12)13(15,16)17/h1-5,7-8H. The summed E-state index contributed by atoms with van der Waals surface area (Å²) in [5.74, 6) is 0. The van der Waals surface area contributed by atoms with E-state index in [1.54, 1.807) is 30.3 Å². The third kappa shape index (κ3) is 2.44. The molecule has 4 heteroatoms. The van der Waals surface area contributed by atoms with Crippen molar-refractivity contribution in [3.8, 4) is 11.1 Å². The van der Waals surface area contributed by atoms with E-state index in [1.165, 1.54) is 6.07 Å². The maximum absolute atomic E-state index is 12.6. The van der Waals surface area contributed by atoms with Gasteiger partial charge in [0, 0.05) is 5.56 Å². The number of benzene rings is 2. The van der Waals surface area contributed by atoms with Crippen molar-refractivity contribution in [2.75, 3.05) is 0 Å². The van der Waals surface area contributed by atoms with Gasteiger partial charge < -0.3 is 0 Å². The molecule has 2 aromatic rings. The number of rotatable bonds is 1. The molecule has 0 fully saturated rings. The molecule has 0 aliphatic carbocycles. The van der Waals surface area contributed by atoms with Gasteiger partial charge in [-0.2, -0.15) is 13.2 Å². The van der Waals surface area contributed by atoms with E-state index in [1.807, 2.05) is 0 Å². The number of halogens is 4. The molecule has 0 aromatic heterocycles. The van der Waals surface area contributed by atoms with E-state index >= 15 is 0 Å². The van der Waals surface area contributed by atoms with Gasteiger partial charge in [0.1, 0.15) is 0 Å². The minimum absolute atomic E-state index is 0.289. The molecule has 0 nitrogen and oxygen atoms in total. The fourth-order valence-corrected chi connectivity index (χ4v) is 1.85. The Kier molecular flexibility index (Phi) is 3.11. The minimum Gasteiger partial charge on any atom is -0.166 e. The third-order valence-electron chi connectivity index (χ3n) is 2.30. The fraction of sp³-hybridized carbons (Fsp3) is 0.0769. The lowest BCUT2D eigenvalue weighted by molar-refractivity contribution is -0.137. The van der Waals surface area contributed by atoms with Crippen molar-refractivity contribution in [2.24, 2.45) is 0 Å². The summed E-state index contributed by atoms with van der Waals surface area (Å²) in [6, 6.07) is 13.5. The molecule has 0 aliphatic rings. The van der Waals surface area contributed by atoms with Crippen LogP contribution >= 0.6 is 11.6 Å². The summed E-state index contributed by atoms with van der Waals surface area (Å²) in [6.45, 7) is 0. The monoisotopic (exact) mass is 255 g/mol. The Balaban J connectivity index is 2.58. The highest BCUT2D eigenvalue weighted by Crippen LogP contribution is 2.39. The van der Waals surface area contributed by atoms with Gasteiger partial charge in [-0.15, -0.1) is 0 Å². The van der Waals surface area contributed by atoms with Gasteiger partial charge >= 0.3 is 6.18 Å². The first-order chi connectivity index (χ1) is 8.00. The summed E-state index contributed by atoms with van der Waals surface area (Å²) >= 11 is 5.79. The lowest BCUT2D eigenvalue weighted by atomic mass is 10.0. The van der Waals surface area contributed by atoms with Crippen molar-refractivity contribution in [2.45, 2.75) is 6.18 Å². The van der Waals surface area contributed by atoms with Gasteiger partial charge in [0.2, 0.25) is 0 Å². The largest absolute Gasteiger partial charge is 0.417 e. The predicted molar refractivity (Wildman–Crippen MR) is 60.7 cm³/mol. The van der Waals surface area contributed by atoms with Crippen molar-refractivity contribution in [1.29, 1.82) is 0 Å². The molecule has 0 amide bonds. The highest BCUT2D eigenvalue weighted by molar-refractivity contribution is 6.34. The van der Waals surface area contributed by atoms with E-state index in [4.69, 9.17) is 11.6 Å². The highest BCUT2D eigenvalue weighted by Gasteiger charge is 2.33. The van der Waals surface area contributed by atoms with Crippen LogP contribution in [0.3, 0.4) is 0 Å². The molecule has 2 aromatic carbocycles. The molecule has 1 radical (unpaired) electrons. The SMILES string of the molecule is FC(F)(F)c1cccc(-c2[c]cccc2)c1Cl. The Hall–Kier alpha value is -1.48. The van der Waals surface area contributed by atoms with E-state index in [2.05, 4.69) is 6.07 Å². The summed E-state index contributed by atoms with van der Waals surface area (Å²) < 4.78 is 37.9. The van der Waals surface area contributed by atoms with Crippen LogP contribution in [-0.2, 0) is 6.18 Å². The topological polar surface area (TPSA) is 0 Å². The molecule has 0 aliphatic heterocycles. The second kappa shape index (κ2) is 4.41. The zero-order chi connectivity index (χ0) is 12.5. The molecule has 87 valence electrons.